The van der Waals surface area contributed by atoms with Gasteiger partial charge in [-0.15, -0.1) is 11.3 Å². The maximum absolute atomic E-state index is 11.8. The minimum absolute atomic E-state index is 0.0207. The van der Waals surface area contributed by atoms with Crippen LogP contribution in [0.15, 0.2) is 12.1 Å². The van der Waals surface area contributed by atoms with Gasteiger partial charge in [0.2, 0.25) is 5.91 Å². The summed E-state index contributed by atoms with van der Waals surface area (Å²) in [7, 11) is 0. The van der Waals surface area contributed by atoms with E-state index in [-0.39, 0.29) is 24.5 Å². The zero-order valence-electron chi connectivity index (χ0n) is 14.1. The molecule has 25 heavy (non-hydrogen) atoms. The molecule has 0 aliphatic rings. The van der Waals surface area contributed by atoms with Gasteiger partial charge in [0.05, 0.1) is 15.6 Å². The molecule has 0 aliphatic heterocycles. The number of halogens is 1. The van der Waals surface area contributed by atoms with Crippen LogP contribution >= 0.6 is 22.9 Å². The molecule has 0 saturated heterocycles. The molecule has 1 aromatic rings. The van der Waals surface area contributed by atoms with Gasteiger partial charge in [0.15, 0.2) is 12.4 Å². The van der Waals surface area contributed by atoms with Crippen molar-refractivity contribution in [2.75, 3.05) is 13.2 Å². The summed E-state index contributed by atoms with van der Waals surface area (Å²) in [4.78, 5) is 47.2. The Morgan fingerprint density at radius 2 is 1.96 bits per heavy atom. The van der Waals surface area contributed by atoms with Crippen LogP contribution in [0.1, 0.15) is 42.8 Å². The molecule has 9 heteroatoms. The molecule has 0 aromatic carbocycles. The summed E-state index contributed by atoms with van der Waals surface area (Å²) in [5.74, 6) is -1.75. The highest BCUT2D eigenvalue weighted by Crippen LogP contribution is 2.22. The third kappa shape index (κ3) is 8.13. The standard InChI is InChI=1S/C16H21ClN2O5S/c1-3-8-18-16(23)10(2)19-14(21)9-24-15(22)7-4-11(20)12-5-6-13(17)25-12/h5-6,10H,3-4,7-9H2,1-2H3,(H,18,23)(H,19,21)/t10-/m1/s1. The van der Waals surface area contributed by atoms with Crippen molar-refractivity contribution in [2.24, 2.45) is 0 Å². The number of hydrogen-bond acceptors (Lipinski definition) is 6. The van der Waals surface area contributed by atoms with E-state index < -0.39 is 24.5 Å². The molecule has 0 unspecified atom stereocenters. The van der Waals surface area contributed by atoms with Crippen molar-refractivity contribution >= 4 is 46.5 Å². The van der Waals surface area contributed by atoms with Crippen LogP contribution in [0.2, 0.25) is 4.34 Å². The molecule has 1 heterocycles. The molecule has 0 bridgehead atoms. The van der Waals surface area contributed by atoms with E-state index >= 15 is 0 Å². The molecule has 0 saturated carbocycles. The van der Waals surface area contributed by atoms with Gasteiger partial charge < -0.3 is 15.4 Å². The highest BCUT2D eigenvalue weighted by atomic mass is 35.5. The van der Waals surface area contributed by atoms with Crippen molar-refractivity contribution in [2.45, 2.75) is 39.2 Å². The zero-order chi connectivity index (χ0) is 18.8. The summed E-state index contributed by atoms with van der Waals surface area (Å²) in [6, 6.07) is 2.49. The van der Waals surface area contributed by atoms with Crippen molar-refractivity contribution in [3.8, 4) is 0 Å². The third-order valence-corrected chi connectivity index (χ3v) is 4.36. The number of ether oxygens (including phenoxy) is 1. The van der Waals surface area contributed by atoms with E-state index in [9.17, 15) is 19.2 Å². The second-order valence-corrected chi connectivity index (χ2v) is 6.98. The number of rotatable bonds is 10. The van der Waals surface area contributed by atoms with Gasteiger partial charge in [-0.2, -0.15) is 0 Å². The van der Waals surface area contributed by atoms with E-state index in [1.165, 1.54) is 6.92 Å². The van der Waals surface area contributed by atoms with Gasteiger partial charge in [-0.25, -0.2) is 0 Å². The van der Waals surface area contributed by atoms with Gasteiger partial charge >= 0.3 is 5.97 Å². The lowest BCUT2D eigenvalue weighted by molar-refractivity contribution is -0.148. The van der Waals surface area contributed by atoms with E-state index in [0.29, 0.717) is 15.8 Å². The first kappa shape index (κ1) is 21.1. The Balaban J connectivity index is 2.25. The molecule has 2 N–H and O–H groups in total. The normalized spacial score (nSPS) is 11.5. The molecule has 7 nitrogen and oxygen atoms in total. The molecule has 1 aromatic heterocycles. The average Bonchev–Trinajstić information content (AvgIpc) is 3.02. The van der Waals surface area contributed by atoms with Crippen molar-refractivity contribution in [3.05, 3.63) is 21.3 Å². The quantitative estimate of drug-likeness (QED) is 0.471. The lowest BCUT2D eigenvalue weighted by Gasteiger charge is -2.13. The number of carbonyl (C=O) groups is 4. The number of nitrogens with one attached hydrogen (secondary N) is 2. The highest BCUT2D eigenvalue weighted by Gasteiger charge is 2.17. The fourth-order valence-electron chi connectivity index (χ4n) is 1.77. The fourth-order valence-corrected chi connectivity index (χ4v) is 2.78. The monoisotopic (exact) mass is 388 g/mol. The highest BCUT2D eigenvalue weighted by molar-refractivity contribution is 7.18. The van der Waals surface area contributed by atoms with Crippen LogP contribution in [0.5, 0.6) is 0 Å². The Labute approximate surface area is 155 Å². The number of thiophene rings is 1. The molecule has 0 spiro atoms. The Bertz CT molecular complexity index is 632. The summed E-state index contributed by atoms with van der Waals surface area (Å²) < 4.78 is 5.30. The lowest BCUT2D eigenvalue weighted by atomic mass is 10.2. The Hall–Kier alpha value is -1.93. The van der Waals surface area contributed by atoms with Crippen LogP contribution in [0.4, 0.5) is 0 Å². The predicted octanol–water partition coefficient (Wildman–Crippen LogP) is 1.94. The topological polar surface area (TPSA) is 102 Å². The summed E-state index contributed by atoms with van der Waals surface area (Å²) >= 11 is 6.89. The van der Waals surface area contributed by atoms with Crippen molar-refractivity contribution in [1.29, 1.82) is 0 Å². The zero-order valence-corrected chi connectivity index (χ0v) is 15.7. The lowest BCUT2D eigenvalue weighted by Crippen LogP contribution is -2.46. The SMILES string of the molecule is CCCNC(=O)[C@@H](C)NC(=O)COC(=O)CCC(=O)c1ccc(Cl)s1. The predicted molar refractivity (Wildman–Crippen MR) is 94.8 cm³/mol. The molecule has 1 atom stereocenters. The molecule has 138 valence electrons. The van der Waals surface area contributed by atoms with Crippen molar-refractivity contribution < 1.29 is 23.9 Å². The Morgan fingerprint density at radius 1 is 1.24 bits per heavy atom. The average molecular weight is 389 g/mol. The van der Waals surface area contributed by atoms with Crippen LogP contribution in [-0.2, 0) is 19.1 Å². The molecule has 2 amide bonds. The van der Waals surface area contributed by atoms with Crippen LogP contribution in [0, 0.1) is 0 Å². The van der Waals surface area contributed by atoms with E-state index in [1.54, 1.807) is 12.1 Å². The summed E-state index contributed by atoms with van der Waals surface area (Å²) in [5, 5.41) is 5.07. The van der Waals surface area contributed by atoms with Gasteiger partial charge in [-0.05, 0) is 25.5 Å². The third-order valence-electron chi connectivity index (χ3n) is 3.09. The first-order valence-electron chi connectivity index (χ1n) is 7.84. The number of ketones is 1. The van der Waals surface area contributed by atoms with Gasteiger partial charge in [0.25, 0.3) is 5.91 Å². The molecular weight excluding hydrogens is 368 g/mol. The van der Waals surface area contributed by atoms with Gasteiger partial charge in [0, 0.05) is 13.0 Å². The molecule has 0 radical (unpaired) electrons. The van der Waals surface area contributed by atoms with E-state index in [2.05, 4.69) is 10.6 Å². The van der Waals surface area contributed by atoms with E-state index in [4.69, 9.17) is 16.3 Å². The molecule has 0 aliphatic carbocycles. The number of carbonyl (C=O) groups excluding carboxylic acids is 4. The second-order valence-electron chi connectivity index (χ2n) is 5.27. The van der Waals surface area contributed by atoms with Gasteiger partial charge in [0.1, 0.15) is 6.04 Å². The maximum atomic E-state index is 11.8. The molecular formula is C16H21ClN2O5S. The Kier molecular flexibility index (Phi) is 9.15. The second kappa shape index (κ2) is 10.8. The minimum Gasteiger partial charge on any atom is -0.456 e. The minimum atomic E-state index is -0.720. The summed E-state index contributed by atoms with van der Waals surface area (Å²) in [6.45, 7) is 3.48. The number of amides is 2. The fraction of sp³-hybridized carbons (Fsp3) is 0.500. The van der Waals surface area contributed by atoms with E-state index in [0.717, 1.165) is 17.8 Å². The van der Waals surface area contributed by atoms with Gasteiger partial charge in [-0.3, -0.25) is 19.2 Å². The summed E-state index contributed by atoms with van der Waals surface area (Å²) in [6.07, 6.45) is 0.641. The van der Waals surface area contributed by atoms with Crippen LogP contribution in [0.25, 0.3) is 0 Å². The van der Waals surface area contributed by atoms with Crippen LogP contribution in [0.3, 0.4) is 0 Å². The van der Waals surface area contributed by atoms with Crippen molar-refractivity contribution in [3.63, 3.8) is 0 Å². The number of Topliss-reactive ketones (excluding diaryl/α,β-unsaturated/α-hetero) is 1. The summed E-state index contributed by atoms with van der Waals surface area (Å²) in [5.41, 5.74) is 0. The molecule has 0 fully saturated rings. The maximum Gasteiger partial charge on any atom is 0.306 e. The number of esters is 1. The van der Waals surface area contributed by atoms with Crippen molar-refractivity contribution in [1.82, 2.24) is 10.6 Å². The largest absolute Gasteiger partial charge is 0.456 e. The smallest absolute Gasteiger partial charge is 0.306 e. The Morgan fingerprint density at radius 3 is 2.56 bits per heavy atom. The van der Waals surface area contributed by atoms with Gasteiger partial charge in [-0.1, -0.05) is 18.5 Å². The number of hydrogen-bond donors (Lipinski definition) is 2. The van der Waals surface area contributed by atoms with Crippen LogP contribution < -0.4 is 10.6 Å². The first-order chi connectivity index (χ1) is 11.8. The van der Waals surface area contributed by atoms with E-state index in [1.807, 2.05) is 6.92 Å². The first-order valence-corrected chi connectivity index (χ1v) is 9.04. The molecule has 1 rings (SSSR count). The van der Waals surface area contributed by atoms with Crippen LogP contribution in [-0.4, -0.2) is 42.8 Å².